The highest BCUT2D eigenvalue weighted by Gasteiger charge is 2.44. The van der Waals surface area contributed by atoms with Crippen molar-refractivity contribution in [2.45, 2.75) is 37.1 Å². The zero-order chi connectivity index (χ0) is 20.7. The zero-order valence-electron chi connectivity index (χ0n) is 15.3. The summed E-state index contributed by atoms with van der Waals surface area (Å²) >= 11 is 5.90. The molecule has 6 nitrogen and oxygen atoms in total. The Kier molecular flexibility index (Phi) is 6.31. The van der Waals surface area contributed by atoms with Gasteiger partial charge in [0.05, 0.1) is 12.1 Å². The predicted molar refractivity (Wildman–Crippen MR) is 121 cm³/mol. The largest absolute Gasteiger partial charge is 0.394 e. The lowest BCUT2D eigenvalue weighted by atomic mass is 9.98. The highest BCUT2D eigenvalue weighted by atomic mass is 127. The number of halogens is 2. The number of benzene rings is 2. The quantitative estimate of drug-likeness (QED) is 0.360. The van der Waals surface area contributed by atoms with Crippen molar-refractivity contribution in [1.82, 2.24) is 4.57 Å². The minimum absolute atomic E-state index is 0.458. The van der Waals surface area contributed by atoms with Crippen LogP contribution in [-0.2, 0) is 11.2 Å². The molecule has 0 aliphatic carbocycles. The molecule has 2 aromatic carbocycles. The van der Waals surface area contributed by atoms with Crippen molar-refractivity contribution >= 4 is 49.4 Å². The van der Waals surface area contributed by atoms with Gasteiger partial charge in [-0.15, -0.1) is 0 Å². The molecule has 1 aliphatic rings. The van der Waals surface area contributed by atoms with E-state index >= 15 is 0 Å². The number of aliphatic hydroxyl groups excluding tert-OH is 4. The molecule has 0 spiro atoms. The van der Waals surface area contributed by atoms with Crippen LogP contribution in [0.15, 0.2) is 53.1 Å². The van der Waals surface area contributed by atoms with Crippen LogP contribution in [-0.4, -0.2) is 56.0 Å². The Morgan fingerprint density at radius 2 is 1.72 bits per heavy atom. The van der Waals surface area contributed by atoms with Gasteiger partial charge in [0.2, 0.25) is 0 Å². The maximum atomic E-state index is 10.6. The van der Waals surface area contributed by atoms with Crippen molar-refractivity contribution in [2.24, 2.45) is 0 Å². The molecule has 154 valence electrons. The lowest BCUT2D eigenvalue weighted by molar-refractivity contribution is -0.250. The van der Waals surface area contributed by atoms with Gasteiger partial charge in [-0.25, -0.2) is 0 Å². The summed E-state index contributed by atoms with van der Waals surface area (Å²) in [5.41, 5.74) is 3.00. The molecule has 1 aliphatic heterocycles. The summed E-state index contributed by atoms with van der Waals surface area (Å²) in [6.07, 6.45) is -3.45. The minimum atomic E-state index is -1.42. The van der Waals surface area contributed by atoms with Crippen LogP contribution in [0.3, 0.4) is 0 Å². The molecule has 3 aromatic rings. The molecular formula is C21H21BrINO5. The van der Waals surface area contributed by atoms with Gasteiger partial charge in [-0.05, 0) is 64.4 Å². The molecule has 29 heavy (non-hydrogen) atoms. The smallest absolute Gasteiger partial charge is 0.163 e. The Hall–Kier alpha value is -1.01. The average molecular weight is 574 g/mol. The topological polar surface area (TPSA) is 95.1 Å². The number of nitrogens with zero attached hydrogens (tertiary/aromatic N) is 1. The predicted octanol–water partition coefficient (Wildman–Crippen LogP) is 2.57. The third kappa shape index (κ3) is 3.99. The summed E-state index contributed by atoms with van der Waals surface area (Å²) < 4.78 is 9.63. The molecule has 0 saturated carbocycles. The molecule has 0 amide bonds. The Morgan fingerprint density at radius 3 is 2.41 bits per heavy atom. The molecule has 1 saturated heterocycles. The van der Waals surface area contributed by atoms with E-state index in [1.165, 1.54) is 0 Å². The fourth-order valence-corrected chi connectivity index (χ4v) is 4.80. The van der Waals surface area contributed by atoms with E-state index in [9.17, 15) is 20.4 Å². The minimum Gasteiger partial charge on any atom is -0.394 e. The van der Waals surface area contributed by atoms with Gasteiger partial charge in [-0.1, -0.05) is 34.1 Å². The second kappa shape index (κ2) is 8.62. The normalized spacial score (nSPS) is 27.4. The molecule has 0 radical (unpaired) electrons. The van der Waals surface area contributed by atoms with Gasteiger partial charge >= 0.3 is 0 Å². The number of hydrogen-bond donors (Lipinski definition) is 4. The summed E-state index contributed by atoms with van der Waals surface area (Å²) in [6, 6.07) is 14.0. The SMILES string of the molecule is OC[C@H]1O[C@@H](n2cc(Cc3ccc(I)cc3)c3c(Br)cccc32)[C@H](O)[C@@H](O)[C@@H]1O. The average Bonchev–Trinajstić information content (AvgIpc) is 3.08. The van der Waals surface area contributed by atoms with Crippen molar-refractivity contribution in [2.75, 3.05) is 6.61 Å². The Balaban J connectivity index is 1.79. The van der Waals surface area contributed by atoms with E-state index in [4.69, 9.17) is 4.74 Å². The Bertz CT molecular complexity index is 1010. The Morgan fingerprint density at radius 1 is 1.00 bits per heavy atom. The highest BCUT2D eigenvalue weighted by molar-refractivity contribution is 14.1. The van der Waals surface area contributed by atoms with Crippen LogP contribution >= 0.6 is 38.5 Å². The zero-order valence-corrected chi connectivity index (χ0v) is 19.1. The lowest BCUT2D eigenvalue weighted by Gasteiger charge is -2.40. The summed E-state index contributed by atoms with van der Waals surface area (Å²) in [5, 5.41) is 41.4. The number of aromatic nitrogens is 1. The molecule has 8 heteroatoms. The van der Waals surface area contributed by atoms with Gasteiger partial charge in [-0.3, -0.25) is 0 Å². The molecular weight excluding hydrogens is 553 g/mol. The van der Waals surface area contributed by atoms with Gasteiger partial charge in [-0.2, -0.15) is 0 Å². The molecule has 1 fully saturated rings. The van der Waals surface area contributed by atoms with Crippen molar-refractivity contribution in [3.05, 3.63) is 67.8 Å². The first-order valence-corrected chi connectivity index (χ1v) is 11.1. The first kappa shape index (κ1) is 21.2. The Labute approximate surface area is 190 Å². The molecule has 4 N–H and O–H groups in total. The summed E-state index contributed by atoms with van der Waals surface area (Å²) in [6.45, 7) is -0.458. The van der Waals surface area contributed by atoms with Crippen molar-refractivity contribution in [3.8, 4) is 0 Å². The monoisotopic (exact) mass is 573 g/mol. The van der Waals surface area contributed by atoms with Crippen LogP contribution in [0.4, 0.5) is 0 Å². The highest BCUT2D eigenvalue weighted by Crippen LogP contribution is 2.36. The van der Waals surface area contributed by atoms with E-state index in [0.29, 0.717) is 6.42 Å². The summed E-state index contributed by atoms with van der Waals surface area (Å²) in [7, 11) is 0. The fourth-order valence-electron chi connectivity index (χ4n) is 3.83. The molecule has 0 unspecified atom stereocenters. The molecule has 5 atom stereocenters. The molecule has 1 aromatic heterocycles. The van der Waals surface area contributed by atoms with E-state index in [1.54, 1.807) is 4.57 Å². The van der Waals surface area contributed by atoms with Crippen LogP contribution in [0, 0.1) is 3.57 Å². The van der Waals surface area contributed by atoms with Crippen LogP contribution in [0.25, 0.3) is 10.9 Å². The van der Waals surface area contributed by atoms with Gasteiger partial charge in [0.1, 0.15) is 24.4 Å². The van der Waals surface area contributed by atoms with E-state index in [0.717, 1.165) is 30.1 Å². The van der Waals surface area contributed by atoms with E-state index in [1.807, 2.05) is 24.4 Å². The van der Waals surface area contributed by atoms with Crippen LogP contribution in [0.5, 0.6) is 0 Å². The van der Waals surface area contributed by atoms with E-state index < -0.39 is 37.3 Å². The van der Waals surface area contributed by atoms with Crippen molar-refractivity contribution < 1.29 is 25.2 Å². The second-order valence-electron chi connectivity index (χ2n) is 7.22. The third-order valence-electron chi connectivity index (χ3n) is 5.33. The van der Waals surface area contributed by atoms with Gasteiger partial charge < -0.3 is 29.7 Å². The van der Waals surface area contributed by atoms with Crippen molar-refractivity contribution in [1.29, 1.82) is 0 Å². The number of fused-ring (bicyclic) bond motifs is 1. The van der Waals surface area contributed by atoms with Crippen molar-refractivity contribution in [3.63, 3.8) is 0 Å². The van der Waals surface area contributed by atoms with E-state index in [2.05, 4.69) is 62.8 Å². The molecule has 0 bridgehead atoms. The maximum absolute atomic E-state index is 10.6. The number of aliphatic hydroxyl groups is 4. The van der Waals surface area contributed by atoms with Crippen LogP contribution < -0.4 is 0 Å². The maximum Gasteiger partial charge on any atom is 0.163 e. The third-order valence-corrected chi connectivity index (χ3v) is 6.71. The number of ether oxygens (including phenoxy) is 1. The molecule has 2 heterocycles. The lowest BCUT2D eigenvalue weighted by Crippen LogP contribution is -2.56. The second-order valence-corrected chi connectivity index (χ2v) is 9.32. The molecule has 4 rings (SSSR count). The first-order valence-electron chi connectivity index (χ1n) is 9.23. The standard InChI is InChI=1S/C21H21BrINO5/c22-14-2-1-3-15-17(14)12(8-11-4-6-13(23)7-5-11)9-24(15)21-20(28)19(27)18(26)16(10-25)29-21/h1-7,9,16,18-21,25-28H,8,10H2/t16-,18-,19+,20-,21-/m1/s1. The van der Waals surface area contributed by atoms with E-state index in [-0.39, 0.29) is 0 Å². The fraction of sp³-hybridized carbons (Fsp3) is 0.333. The van der Waals surface area contributed by atoms with Gasteiger partial charge in [0, 0.05) is 19.6 Å². The number of rotatable bonds is 4. The van der Waals surface area contributed by atoms with Gasteiger partial charge in [0.25, 0.3) is 0 Å². The summed E-state index contributed by atoms with van der Waals surface area (Å²) in [5.74, 6) is 0. The first-order chi connectivity index (χ1) is 13.9. The van der Waals surface area contributed by atoms with Crippen LogP contribution in [0.2, 0.25) is 0 Å². The van der Waals surface area contributed by atoms with Gasteiger partial charge in [0.15, 0.2) is 6.23 Å². The summed E-state index contributed by atoms with van der Waals surface area (Å²) in [4.78, 5) is 0. The van der Waals surface area contributed by atoms with Crippen LogP contribution in [0.1, 0.15) is 17.4 Å². The number of hydrogen-bond acceptors (Lipinski definition) is 5.